The Bertz CT molecular complexity index is 1850. The number of nitrogens with zero attached hydrogens (tertiary/aromatic N) is 4. The number of fused-ring (bicyclic) bond motifs is 2. The molecule has 0 saturated carbocycles. The van der Waals surface area contributed by atoms with Gasteiger partial charge in [-0.25, -0.2) is 4.98 Å². The molecule has 1 atom stereocenters. The molecule has 3 aromatic carbocycles. The molecule has 0 amide bonds. The number of hydrogen-bond donors (Lipinski definition) is 2. The number of hydrogen-bond acceptors (Lipinski definition) is 7. The van der Waals surface area contributed by atoms with Crippen LogP contribution in [0.1, 0.15) is 51.8 Å². The highest BCUT2D eigenvalue weighted by Gasteiger charge is 2.28. The molecule has 216 valence electrons. The van der Waals surface area contributed by atoms with Crippen molar-refractivity contribution in [2.24, 2.45) is 0 Å². The first kappa shape index (κ1) is 27.0. The van der Waals surface area contributed by atoms with Crippen LogP contribution in [-0.4, -0.2) is 47.0 Å². The zero-order valence-electron chi connectivity index (χ0n) is 24.2. The highest BCUT2D eigenvalue weighted by Crippen LogP contribution is 2.32. The number of rotatable bonds is 6. The quantitative estimate of drug-likeness (QED) is 0.262. The lowest BCUT2D eigenvalue weighted by Crippen LogP contribution is -2.40. The normalized spacial score (nSPS) is 17.0. The largest absolute Gasteiger partial charge is 0.372 e. The van der Waals surface area contributed by atoms with E-state index in [1.54, 1.807) is 41.1 Å². The molecule has 5 aromatic rings. The number of aromatic nitrogens is 3. The van der Waals surface area contributed by atoms with Gasteiger partial charge in [0.25, 0.3) is 5.56 Å². The van der Waals surface area contributed by atoms with Crippen molar-refractivity contribution in [1.29, 1.82) is 0 Å². The first-order valence-electron chi connectivity index (χ1n) is 14.9. The lowest BCUT2D eigenvalue weighted by molar-refractivity contribution is 0.103. The molecular formula is C35H34N6O2. The Kier molecular flexibility index (Phi) is 7.20. The van der Waals surface area contributed by atoms with Gasteiger partial charge in [-0.15, -0.1) is 0 Å². The molecule has 8 heteroatoms. The average molecular weight is 571 g/mol. The number of carbonyl (C=O) groups is 1. The van der Waals surface area contributed by atoms with Crippen LogP contribution in [0.25, 0.3) is 11.0 Å². The Hall–Kier alpha value is -4.82. The first-order chi connectivity index (χ1) is 21.0. The van der Waals surface area contributed by atoms with Crippen LogP contribution in [0.5, 0.6) is 0 Å². The van der Waals surface area contributed by atoms with Crippen LogP contribution in [0.3, 0.4) is 0 Å². The molecule has 7 rings (SSSR count). The highest BCUT2D eigenvalue weighted by atomic mass is 16.1. The highest BCUT2D eigenvalue weighted by molar-refractivity contribution is 6.10. The molecule has 43 heavy (non-hydrogen) atoms. The summed E-state index contributed by atoms with van der Waals surface area (Å²) in [5.41, 5.74) is 5.30. The average Bonchev–Trinajstić information content (AvgIpc) is 3.05. The number of benzene rings is 3. The summed E-state index contributed by atoms with van der Waals surface area (Å²) in [6, 6.07) is 27.1. The lowest BCUT2D eigenvalue weighted by Gasteiger charge is -2.34. The van der Waals surface area contributed by atoms with Gasteiger partial charge >= 0.3 is 0 Å². The summed E-state index contributed by atoms with van der Waals surface area (Å²) in [5.74, 6) is 0.678. The van der Waals surface area contributed by atoms with E-state index in [2.05, 4.69) is 56.9 Å². The van der Waals surface area contributed by atoms with E-state index in [0.29, 0.717) is 41.4 Å². The zero-order chi connectivity index (χ0) is 29.3. The fourth-order valence-corrected chi connectivity index (χ4v) is 6.51. The zero-order valence-corrected chi connectivity index (χ0v) is 24.2. The second-order valence-electron chi connectivity index (χ2n) is 11.5. The van der Waals surface area contributed by atoms with Crippen molar-refractivity contribution in [1.82, 2.24) is 19.9 Å². The number of pyridine rings is 1. The number of anilines is 3. The molecule has 4 heterocycles. The predicted molar refractivity (Wildman–Crippen MR) is 171 cm³/mol. The third-order valence-electron chi connectivity index (χ3n) is 8.74. The monoisotopic (exact) mass is 570 g/mol. The van der Waals surface area contributed by atoms with Gasteiger partial charge in [0, 0.05) is 42.1 Å². The van der Waals surface area contributed by atoms with Gasteiger partial charge in [0.15, 0.2) is 5.78 Å². The van der Waals surface area contributed by atoms with Crippen LogP contribution in [0.2, 0.25) is 0 Å². The molecule has 2 N–H and O–H groups in total. The van der Waals surface area contributed by atoms with Gasteiger partial charge in [-0.2, -0.15) is 4.98 Å². The number of likely N-dealkylation sites (N-methyl/N-ethyl adjacent to an activating group) is 1. The van der Waals surface area contributed by atoms with Crippen molar-refractivity contribution in [3.05, 3.63) is 124 Å². The van der Waals surface area contributed by atoms with E-state index < -0.39 is 0 Å². The maximum absolute atomic E-state index is 14.2. The third-order valence-corrected chi connectivity index (χ3v) is 8.74. The van der Waals surface area contributed by atoms with Crippen LogP contribution < -0.4 is 21.1 Å². The summed E-state index contributed by atoms with van der Waals surface area (Å²) in [4.78, 5) is 39.4. The summed E-state index contributed by atoms with van der Waals surface area (Å²) in [5, 5.41) is 7.41. The van der Waals surface area contributed by atoms with E-state index in [0.717, 1.165) is 42.9 Å². The van der Waals surface area contributed by atoms with Crippen molar-refractivity contribution in [3.8, 4) is 0 Å². The minimum atomic E-state index is -0.338. The predicted octanol–water partition coefficient (Wildman–Crippen LogP) is 5.47. The molecule has 1 saturated heterocycles. The minimum absolute atomic E-state index is 0.123. The van der Waals surface area contributed by atoms with Crippen molar-refractivity contribution in [2.75, 3.05) is 36.9 Å². The Labute approximate surface area is 250 Å². The third kappa shape index (κ3) is 5.30. The molecule has 2 aliphatic rings. The van der Waals surface area contributed by atoms with Gasteiger partial charge < -0.3 is 15.5 Å². The second kappa shape index (κ2) is 11.5. The smallest absolute Gasteiger partial charge is 0.263 e. The summed E-state index contributed by atoms with van der Waals surface area (Å²) in [6.07, 6.45) is 4.65. The first-order valence-corrected chi connectivity index (χ1v) is 14.9. The molecule has 0 aliphatic carbocycles. The number of piperidine rings is 1. The number of para-hydroxylation sites is 1. The fourth-order valence-electron chi connectivity index (χ4n) is 6.51. The molecule has 0 spiro atoms. The molecule has 0 radical (unpaired) electrons. The van der Waals surface area contributed by atoms with Gasteiger partial charge in [0.2, 0.25) is 5.95 Å². The SMILES string of the molecule is CN1CC(n2c(=O)c(C(=O)c3ccccc3)cc3cnc(Nc4ccc(C5CCNCC5)cc4)nc32)Cc2ccccc21. The standard InChI is InChI=1S/C35H34N6O2/c1-40-22-29(19-26-9-5-6-10-31(26)40)41-33-27(20-30(34(41)43)32(42)25-7-3-2-4-8-25)21-37-35(39-33)38-28-13-11-23(12-14-28)24-15-17-36-18-16-24/h2-14,20-21,24,29,36H,15-19,22H2,1H3,(H,37,38,39). The van der Waals surface area contributed by atoms with Crippen LogP contribution in [-0.2, 0) is 6.42 Å². The maximum Gasteiger partial charge on any atom is 0.263 e. The van der Waals surface area contributed by atoms with Gasteiger partial charge in [-0.05, 0) is 73.7 Å². The summed E-state index contributed by atoms with van der Waals surface area (Å²) < 4.78 is 1.71. The minimum Gasteiger partial charge on any atom is -0.372 e. The number of carbonyl (C=O) groups excluding carboxylic acids is 1. The maximum atomic E-state index is 14.2. The Morgan fingerprint density at radius 1 is 0.953 bits per heavy atom. The van der Waals surface area contributed by atoms with Crippen molar-refractivity contribution in [3.63, 3.8) is 0 Å². The molecule has 0 bridgehead atoms. The molecule has 2 aliphatic heterocycles. The van der Waals surface area contributed by atoms with E-state index in [1.807, 2.05) is 25.2 Å². The molecule has 8 nitrogen and oxygen atoms in total. The molecule has 1 unspecified atom stereocenters. The van der Waals surface area contributed by atoms with Crippen molar-refractivity contribution in [2.45, 2.75) is 31.2 Å². The topological polar surface area (TPSA) is 92.2 Å². The fraction of sp³-hybridized carbons (Fsp3) is 0.257. The second-order valence-corrected chi connectivity index (χ2v) is 11.5. The van der Waals surface area contributed by atoms with Crippen LogP contribution in [0, 0.1) is 0 Å². The van der Waals surface area contributed by atoms with Gasteiger partial charge in [-0.3, -0.25) is 14.2 Å². The lowest BCUT2D eigenvalue weighted by atomic mass is 9.90. The van der Waals surface area contributed by atoms with E-state index >= 15 is 0 Å². The van der Waals surface area contributed by atoms with Crippen molar-refractivity contribution >= 4 is 34.1 Å². The number of nitrogens with one attached hydrogen (secondary N) is 2. The van der Waals surface area contributed by atoms with Crippen molar-refractivity contribution < 1.29 is 4.79 Å². The molecule has 1 fully saturated rings. The summed E-state index contributed by atoms with van der Waals surface area (Å²) >= 11 is 0. The van der Waals surface area contributed by atoms with E-state index in [-0.39, 0.29) is 22.9 Å². The molecule has 2 aromatic heterocycles. The Balaban J connectivity index is 1.29. The Morgan fingerprint density at radius 2 is 1.70 bits per heavy atom. The summed E-state index contributed by atoms with van der Waals surface area (Å²) in [6.45, 7) is 2.72. The van der Waals surface area contributed by atoms with Crippen LogP contribution in [0.15, 0.2) is 95.9 Å². The van der Waals surface area contributed by atoms with E-state index in [1.165, 1.54) is 5.56 Å². The van der Waals surface area contributed by atoms with E-state index in [9.17, 15) is 9.59 Å². The van der Waals surface area contributed by atoms with Gasteiger partial charge in [0.1, 0.15) is 5.65 Å². The Morgan fingerprint density at radius 3 is 2.49 bits per heavy atom. The van der Waals surface area contributed by atoms with Crippen LogP contribution in [0.4, 0.5) is 17.3 Å². The summed E-state index contributed by atoms with van der Waals surface area (Å²) in [7, 11) is 2.03. The van der Waals surface area contributed by atoms with Crippen LogP contribution >= 0.6 is 0 Å². The van der Waals surface area contributed by atoms with Gasteiger partial charge in [-0.1, -0.05) is 60.7 Å². The number of ketones is 1. The molecular weight excluding hydrogens is 536 g/mol. The van der Waals surface area contributed by atoms with Gasteiger partial charge in [0.05, 0.1) is 11.6 Å². The van der Waals surface area contributed by atoms with E-state index in [4.69, 9.17) is 4.98 Å².